The lowest BCUT2D eigenvalue weighted by Crippen LogP contribution is -2.40. The number of guanidine groups is 1. The van der Waals surface area contributed by atoms with Crippen LogP contribution >= 0.6 is 0 Å². The zero-order chi connectivity index (χ0) is 19.0. The van der Waals surface area contributed by atoms with Gasteiger partial charge in [-0.1, -0.05) is 17.9 Å². The molecule has 1 aromatic carbocycles. The Morgan fingerprint density at radius 1 is 1.38 bits per heavy atom. The molecule has 1 fully saturated rings. The number of nitrogens with one attached hydrogen (secondary N) is 1. The van der Waals surface area contributed by atoms with Gasteiger partial charge in [-0.3, -0.25) is 4.99 Å². The molecular weight excluding hydrogens is 343 g/mol. The van der Waals surface area contributed by atoms with Crippen LogP contribution in [0.3, 0.4) is 0 Å². The average Bonchev–Trinajstić information content (AvgIpc) is 3.42. The van der Waals surface area contributed by atoms with E-state index in [0.29, 0.717) is 24.7 Å². The topological polar surface area (TPSA) is 36.9 Å². The number of nitrogens with zero attached hydrogens (tertiary/aromatic N) is 2. The van der Waals surface area contributed by atoms with E-state index in [9.17, 15) is 13.2 Å². The SMILES string of the molecule is CN=C(NCC#Cc1cccc(C(F)(F)F)c1)N(C)CCOCC1CC1. The Morgan fingerprint density at radius 2 is 2.15 bits per heavy atom. The molecule has 1 aliphatic carbocycles. The molecule has 0 aromatic heterocycles. The van der Waals surface area contributed by atoms with Crippen LogP contribution < -0.4 is 5.32 Å². The second kappa shape index (κ2) is 9.48. The smallest absolute Gasteiger partial charge is 0.379 e. The Morgan fingerprint density at radius 3 is 2.81 bits per heavy atom. The molecule has 0 bridgehead atoms. The molecule has 2 rings (SSSR count). The highest BCUT2D eigenvalue weighted by molar-refractivity contribution is 5.79. The molecule has 0 aliphatic heterocycles. The molecule has 1 N–H and O–H groups in total. The zero-order valence-corrected chi connectivity index (χ0v) is 15.1. The van der Waals surface area contributed by atoms with Gasteiger partial charge in [0.15, 0.2) is 5.96 Å². The van der Waals surface area contributed by atoms with Crippen molar-refractivity contribution in [2.45, 2.75) is 19.0 Å². The van der Waals surface area contributed by atoms with Gasteiger partial charge in [-0.15, -0.1) is 0 Å². The minimum Gasteiger partial charge on any atom is -0.379 e. The van der Waals surface area contributed by atoms with Crippen molar-refractivity contribution in [1.29, 1.82) is 0 Å². The number of hydrogen-bond acceptors (Lipinski definition) is 2. The van der Waals surface area contributed by atoms with E-state index in [1.165, 1.54) is 18.9 Å². The van der Waals surface area contributed by atoms with Crippen molar-refractivity contribution in [3.8, 4) is 11.8 Å². The molecule has 7 heteroatoms. The van der Waals surface area contributed by atoms with Crippen molar-refractivity contribution in [2.75, 3.05) is 40.4 Å². The van der Waals surface area contributed by atoms with Crippen LogP contribution in [0.15, 0.2) is 29.3 Å². The van der Waals surface area contributed by atoms with E-state index in [4.69, 9.17) is 4.74 Å². The molecule has 0 saturated heterocycles. The number of likely N-dealkylation sites (N-methyl/N-ethyl adjacent to an activating group) is 1. The third-order valence-corrected chi connectivity index (χ3v) is 3.95. The minimum atomic E-state index is -4.36. The first kappa shape index (κ1) is 20.1. The van der Waals surface area contributed by atoms with Crippen molar-refractivity contribution in [3.05, 3.63) is 35.4 Å². The third kappa shape index (κ3) is 6.96. The number of ether oxygens (including phenoxy) is 1. The number of hydrogen-bond donors (Lipinski definition) is 1. The highest BCUT2D eigenvalue weighted by Gasteiger charge is 2.30. The summed E-state index contributed by atoms with van der Waals surface area (Å²) < 4.78 is 43.6. The van der Waals surface area contributed by atoms with Gasteiger partial charge in [0.1, 0.15) is 0 Å². The van der Waals surface area contributed by atoms with Gasteiger partial charge in [0, 0.05) is 32.8 Å². The van der Waals surface area contributed by atoms with E-state index in [1.54, 1.807) is 13.1 Å². The summed E-state index contributed by atoms with van der Waals surface area (Å²) in [5.41, 5.74) is -0.363. The largest absolute Gasteiger partial charge is 0.416 e. The van der Waals surface area contributed by atoms with E-state index >= 15 is 0 Å². The third-order valence-electron chi connectivity index (χ3n) is 3.95. The fourth-order valence-corrected chi connectivity index (χ4v) is 2.27. The van der Waals surface area contributed by atoms with Gasteiger partial charge < -0.3 is 15.0 Å². The second-order valence-electron chi connectivity index (χ2n) is 6.22. The van der Waals surface area contributed by atoms with Gasteiger partial charge in [0.2, 0.25) is 0 Å². The molecule has 0 heterocycles. The Bertz CT molecular complexity index is 673. The Balaban J connectivity index is 1.77. The van der Waals surface area contributed by atoms with Crippen LogP contribution in [0.1, 0.15) is 24.0 Å². The minimum absolute atomic E-state index is 0.288. The molecule has 1 saturated carbocycles. The Kier molecular flexibility index (Phi) is 7.34. The van der Waals surface area contributed by atoms with Gasteiger partial charge in [-0.25, -0.2) is 0 Å². The number of aliphatic imine (C=N–C) groups is 1. The lowest BCUT2D eigenvalue weighted by Gasteiger charge is -2.21. The van der Waals surface area contributed by atoms with Crippen molar-refractivity contribution in [2.24, 2.45) is 10.9 Å². The maximum absolute atomic E-state index is 12.7. The lowest BCUT2D eigenvalue weighted by molar-refractivity contribution is -0.137. The van der Waals surface area contributed by atoms with E-state index in [-0.39, 0.29) is 6.54 Å². The molecule has 0 unspecified atom stereocenters. The fraction of sp³-hybridized carbons (Fsp3) is 0.526. The summed E-state index contributed by atoms with van der Waals surface area (Å²) in [4.78, 5) is 6.09. The van der Waals surface area contributed by atoms with Crippen molar-refractivity contribution in [3.63, 3.8) is 0 Å². The van der Waals surface area contributed by atoms with E-state index in [0.717, 1.165) is 24.7 Å². The summed E-state index contributed by atoms with van der Waals surface area (Å²) in [6.07, 6.45) is -1.82. The highest BCUT2D eigenvalue weighted by Crippen LogP contribution is 2.29. The fourth-order valence-electron chi connectivity index (χ4n) is 2.27. The van der Waals surface area contributed by atoms with Gasteiger partial charge in [0.25, 0.3) is 0 Å². The summed E-state index contributed by atoms with van der Waals surface area (Å²) >= 11 is 0. The summed E-state index contributed by atoms with van der Waals surface area (Å²) in [5, 5.41) is 3.07. The maximum Gasteiger partial charge on any atom is 0.416 e. The van der Waals surface area contributed by atoms with Crippen LogP contribution in [-0.4, -0.2) is 51.3 Å². The second-order valence-corrected chi connectivity index (χ2v) is 6.22. The van der Waals surface area contributed by atoms with E-state index < -0.39 is 11.7 Å². The monoisotopic (exact) mass is 367 g/mol. The lowest BCUT2D eigenvalue weighted by atomic mass is 10.1. The van der Waals surface area contributed by atoms with Gasteiger partial charge in [0.05, 0.1) is 18.7 Å². The first-order valence-electron chi connectivity index (χ1n) is 8.56. The van der Waals surface area contributed by atoms with E-state index in [2.05, 4.69) is 22.2 Å². The van der Waals surface area contributed by atoms with Crippen LogP contribution in [0.5, 0.6) is 0 Å². The van der Waals surface area contributed by atoms with Crippen molar-refractivity contribution >= 4 is 5.96 Å². The van der Waals surface area contributed by atoms with Crippen LogP contribution in [0.2, 0.25) is 0 Å². The molecule has 1 aromatic rings. The standard InChI is InChI=1S/C19H24F3N3O/c1-23-18(25(2)11-12-26-14-16-8-9-16)24-10-4-6-15-5-3-7-17(13-15)19(20,21)22/h3,5,7,13,16H,8-12,14H2,1-2H3,(H,23,24). The predicted molar refractivity (Wildman–Crippen MR) is 95.9 cm³/mol. The summed E-state index contributed by atoms with van der Waals surface area (Å²) in [6, 6.07) is 4.99. The molecule has 0 amide bonds. The van der Waals surface area contributed by atoms with Crippen LogP contribution in [0.4, 0.5) is 13.2 Å². The Labute approximate surface area is 152 Å². The molecular formula is C19H24F3N3O. The van der Waals surface area contributed by atoms with Gasteiger partial charge >= 0.3 is 6.18 Å². The summed E-state index contributed by atoms with van der Waals surface area (Å²) in [6.45, 7) is 2.44. The van der Waals surface area contributed by atoms with Crippen LogP contribution in [0.25, 0.3) is 0 Å². The predicted octanol–water partition coefficient (Wildman–Crippen LogP) is 2.99. The molecule has 0 atom stereocenters. The molecule has 142 valence electrons. The normalized spacial score (nSPS) is 14.6. The van der Waals surface area contributed by atoms with Crippen LogP contribution in [0, 0.1) is 17.8 Å². The molecule has 26 heavy (non-hydrogen) atoms. The molecule has 0 spiro atoms. The average molecular weight is 367 g/mol. The maximum atomic E-state index is 12.7. The highest BCUT2D eigenvalue weighted by atomic mass is 19.4. The first-order chi connectivity index (χ1) is 12.4. The summed E-state index contributed by atoms with van der Waals surface area (Å²) in [7, 11) is 3.57. The Hall–Kier alpha value is -2.20. The molecule has 4 nitrogen and oxygen atoms in total. The zero-order valence-electron chi connectivity index (χ0n) is 15.1. The van der Waals surface area contributed by atoms with Crippen molar-refractivity contribution in [1.82, 2.24) is 10.2 Å². The summed E-state index contributed by atoms with van der Waals surface area (Å²) in [5.74, 6) is 6.96. The quantitative estimate of drug-likeness (QED) is 0.364. The molecule has 1 aliphatic rings. The number of benzene rings is 1. The first-order valence-corrected chi connectivity index (χ1v) is 8.56. The van der Waals surface area contributed by atoms with Gasteiger partial charge in [-0.2, -0.15) is 13.2 Å². The van der Waals surface area contributed by atoms with Crippen molar-refractivity contribution < 1.29 is 17.9 Å². The van der Waals surface area contributed by atoms with E-state index in [1.807, 2.05) is 11.9 Å². The molecule has 0 radical (unpaired) electrons. The number of rotatable bonds is 6. The number of alkyl halides is 3. The van der Waals surface area contributed by atoms with Crippen LogP contribution in [-0.2, 0) is 10.9 Å². The number of halogens is 3. The van der Waals surface area contributed by atoms with Gasteiger partial charge in [-0.05, 0) is 37.0 Å².